The van der Waals surface area contributed by atoms with Crippen LogP contribution in [0.15, 0.2) is 12.5 Å². The van der Waals surface area contributed by atoms with E-state index in [4.69, 9.17) is 10.5 Å². The highest BCUT2D eigenvalue weighted by atomic mass is 16.5. The number of nitrogens with zero attached hydrogens (tertiary/aromatic N) is 3. The second kappa shape index (κ2) is 4.44. The molecule has 1 aromatic rings. The second-order valence-corrected chi connectivity index (χ2v) is 3.76. The molecule has 0 saturated carbocycles. The van der Waals surface area contributed by atoms with Gasteiger partial charge >= 0.3 is 0 Å². The molecule has 0 spiro atoms. The zero-order valence-corrected chi connectivity index (χ0v) is 8.89. The van der Waals surface area contributed by atoms with Gasteiger partial charge in [0.15, 0.2) is 11.6 Å². The van der Waals surface area contributed by atoms with Crippen LogP contribution in [0.25, 0.3) is 0 Å². The van der Waals surface area contributed by atoms with Gasteiger partial charge in [-0.3, -0.25) is 0 Å². The molecule has 1 atom stereocenters. The molecule has 0 radical (unpaired) electrons. The first-order valence-corrected chi connectivity index (χ1v) is 5.16. The fraction of sp³-hybridized carbons (Fsp3) is 0.600. The van der Waals surface area contributed by atoms with E-state index in [1.165, 1.54) is 6.33 Å². The standard InChI is InChI=1S/C10H16N4O/c1-15-9-5-12-7-13-10(9)14-4-2-3-8(11)6-14/h5,7-8H,2-4,6,11H2,1H3. The van der Waals surface area contributed by atoms with Crippen molar-refractivity contribution in [3.05, 3.63) is 12.5 Å². The highest BCUT2D eigenvalue weighted by Crippen LogP contribution is 2.26. The van der Waals surface area contributed by atoms with Gasteiger partial charge in [0, 0.05) is 19.1 Å². The van der Waals surface area contributed by atoms with E-state index >= 15 is 0 Å². The number of nitrogens with two attached hydrogens (primary N) is 1. The highest BCUT2D eigenvalue weighted by Gasteiger charge is 2.20. The topological polar surface area (TPSA) is 64.3 Å². The number of aromatic nitrogens is 2. The van der Waals surface area contributed by atoms with Gasteiger partial charge in [-0.05, 0) is 12.8 Å². The summed E-state index contributed by atoms with van der Waals surface area (Å²) in [6.45, 7) is 1.83. The molecule has 1 fully saturated rings. The molecule has 82 valence electrons. The van der Waals surface area contributed by atoms with Crippen LogP contribution in [-0.4, -0.2) is 36.2 Å². The maximum Gasteiger partial charge on any atom is 0.179 e. The molecule has 2 heterocycles. The van der Waals surface area contributed by atoms with Crippen LogP contribution in [0.4, 0.5) is 5.82 Å². The van der Waals surface area contributed by atoms with Gasteiger partial charge in [-0.2, -0.15) is 0 Å². The van der Waals surface area contributed by atoms with E-state index in [0.717, 1.165) is 31.7 Å². The zero-order valence-electron chi connectivity index (χ0n) is 8.89. The number of hydrogen-bond acceptors (Lipinski definition) is 5. The minimum absolute atomic E-state index is 0.235. The SMILES string of the molecule is COc1cncnc1N1CCCC(N)C1. The minimum atomic E-state index is 0.235. The molecule has 0 amide bonds. The molecule has 0 aliphatic carbocycles. The van der Waals surface area contributed by atoms with Crippen molar-refractivity contribution in [2.75, 3.05) is 25.1 Å². The second-order valence-electron chi connectivity index (χ2n) is 3.76. The van der Waals surface area contributed by atoms with Gasteiger partial charge in [0.25, 0.3) is 0 Å². The number of anilines is 1. The average molecular weight is 208 g/mol. The lowest BCUT2D eigenvalue weighted by atomic mass is 10.1. The Kier molecular flexibility index (Phi) is 3.01. The molecule has 15 heavy (non-hydrogen) atoms. The molecule has 2 N–H and O–H groups in total. The minimum Gasteiger partial charge on any atom is -0.491 e. The summed E-state index contributed by atoms with van der Waals surface area (Å²) in [7, 11) is 1.63. The number of methoxy groups -OCH3 is 1. The van der Waals surface area contributed by atoms with Crippen molar-refractivity contribution in [2.24, 2.45) is 5.73 Å². The summed E-state index contributed by atoms with van der Waals surface area (Å²) in [4.78, 5) is 10.3. The predicted molar refractivity (Wildman–Crippen MR) is 58.0 cm³/mol. The highest BCUT2D eigenvalue weighted by molar-refractivity contribution is 5.51. The van der Waals surface area contributed by atoms with Crippen LogP contribution >= 0.6 is 0 Å². The fourth-order valence-electron chi connectivity index (χ4n) is 1.89. The Balaban J connectivity index is 2.20. The Bertz CT molecular complexity index is 331. The van der Waals surface area contributed by atoms with Crippen molar-refractivity contribution in [3.63, 3.8) is 0 Å². The first-order valence-electron chi connectivity index (χ1n) is 5.16. The molecular weight excluding hydrogens is 192 g/mol. The Hall–Kier alpha value is -1.36. The molecule has 1 aliphatic heterocycles. The molecule has 2 rings (SSSR count). The van der Waals surface area contributed by atoms with E-state index in [1.54, 1.807) is 13.3 Å². The Morgan fingerprint density at radius 2 is 2.47 bits per heavy atom. The number of rotatable bonds is 2. The predicted octanol–water partition coefficient (Wildman–Crippen LogP) is 0.413. The van der Waals surface area contributed by atoms with Crippen molar-refractivity contribution < 1.29 is 4.74 Å². The van der Waals surface area contributed by atoms with Gasteiger partial charge in [0.1, 0.15) is 6.33 Å². The van der Waals surface area contributed by atoms with Crippen molar-refractivity contribution in [1.29, 1.82) is 0 Å². The van der Waals surface area contributed by atoms with Crippen molar-refractivity contribution in [3.8, 4) is 5.75 Å². The van der Waals surface area contributed by atoms with Gasteiger partial charge in [0.05, 0.1) is 13.3 Å². The average Bonchev–Trinajstić information content (AvgIpc) is 2.29. The molecule has 1 saturated heterocycles. The lowest BCUT2D eigenvalue weighted by molar-refractivity contribution is 0.406. The zero-order chi connectivity index (χ0) is 10.7. The van der Waals surface area contributed by atoms with Crippen LogP contribution in [0.1, 0.15) is 12.8 Å². The molecule has 1 aliphatic rings. The van der Waals surface area contributed by atoms with Crippen molar-refractivity contribution in [1.82, 2.24) is 9.97 Å². The maximum atomic E-state index is 5.93. The summed E-state index contributed by atoms with van der Waals surface area (Å²) in [5.41, 5.74) is 5.93. The molecule has 1 unspecified atom stereocenters. The normalized spacial score (nSPS) is 21.5. The summed E-state index contributed by atoms with van der Waals surface area (Å²) in [6, 6.07) is 0.235. The quantitative estimate of drug-likeness (QED) is 0.762. The molecule has 1 aromatic heterocycles. The largest absolute Gasteiger partial charge is 0.491 e. The third-order valence-electron chi connectivity index (χ3n) is 2.64. The number of piperidine rings is 1. The van der Waals surface area contributed by atoms with Gasteiger partial charge in [-0.15, -0.1) is 0 Å². The van der Waals surface area contributed by atoms with Crippen LogP contribution in [-0.2, 0) is 0 Å². The van der Waals surface area contributed by atoms with E-state index in [9.17, 15) is 0 Å². The first-order chi connectivity index (χ1) is 7.31. The first kappa shape index (κ1) is 10.2. The van der Waals surface area contributed by atoms with E-state index in [2.05, 4.69) is 14.9 Å². The lowest BCUT2D eigenvalue weighted by Crippen LogP contribution is -2.43. The van der Waals surface area contributed by atoms with Gasteiger partial charge in [-0.25, -0.2) is 9.97 Å². The smallest absolute Gasteiger partial charge is 0.179 e. The van der Waals surface area contributed by atoms with E-state index in [1.807, 2.05) is 0 Å². The summed E-state index contributed by atoms with van der Waals surface area (Å²) in [5.74, 6) is 1.56. The van der Waals surface area contributed by atoms with Crippen LogP contribution in [0.5, 0.6) is 5.75 Å². The molecule has 0 aromatic carbocycles. The van der Waals surface area contributed by atoms with Gasteiger partial charge in [0.2, 0.25) is 0 Å². The molecular formula is C10H16N4O. The van der Waals surface area contributed by atoms with Gasteiger partial charge in [-0.1, -0.05) is 0 Å². The van der Waals surface area contributed by atoms with E-state index < -0.39 is 0 Å². The summed E-state index contributed by atoms with van der Waals surface area (Å²) >= 11 is 0. The maximum absolute atomic E-state index is 5.93. The lowest BCUT2D eigenvalue weighted by Gasteiger charge is -2.32. The Morgan fingerprint density at radius 3 is 3.20 bits per heavy atom. The summed E-state index contributed by atoms with van der Waals surface area (Å²) < 4.78 is 5.23. The third kappa shape index (κ3) is 2.18. The van der Waals surface area contributed by atoms with Crippen LogP contribution in [0, 0.1) is 0 Å². The van der Waals surface area contributed by atoms with E-state index in [0.29, 0.717) is 5.75 Å². The van der Waals surface area contributed by atoms with Crippen LogP contribution in [0.2, 0.25) is 0 Å². The summed E-state index contributed by atoms with van der Waals surface area (Å²) in [6.07, 6.45) is 5.42. The van der Waals surface area contributed by atoms with Crippen LogP contribution < -0.4 is 15.4 Å². The van der Waals surface area contributed by atoms with E-state index in [-0.39, 0.29) is 6.04 Å². The third-order valence-corrected chi connectivity index (χ3v) is 2.64. The van der Waals surface area contributed by atoms with Crippen molar-refractivity contribution in [2.45, 2.75) is 18.9 Å². The van der Waals surface area contributed by atoms with Gasteiger partial charge < -0.3 is 15.4 Å². The summed E-state index contributed by atoms with van der Waals surface area (Å²) in [5, 5.41) is 0. The molecule has 5 heteroatoms. The molecule has 5 nitrogen and oxygen atoms in total. The number of ether oxygens (including phenoxy) is 1. The van der Waals surface area contributed by atoms with Crippen LogP contribution in [0.3, 0.4) is 0 Å². The Morgan fingerprint density at radius 1 is 1.60 bits per heavy atom. The number of hydrogen-bond donors (Lipinski definition) is 1. The fourth-order valence-corrected chi connectivity index (χ4v) is 1.89. The Labute approximate surface area is 89.3 Å². The molecule has 0 bridgehead atoms. The monoisotopic (exact) mass is 208 g/mol. The van der Waals surface area contributed by atoms with Crippen molar-refractivity contribution >= 4 is 5.82 Å².